The molecule has 2 heterocycles. The summed E-state index contributed by atoms with van der Waals surface area (Å²) in [6.45, 7) is 2.26. The molecule has 0 unspecified atom stereocenters. The number of nitrogens with zero attached hydrogens (tertiary/aromatic N) is 3. The van der Waals surface area contributed by atoms with Crippen molar-refractivity contribution < 1.29 is 9.59 Å². The van der Waals surface area contributed by atoms with Crippen molar-refractivity contribution in [2.75, 3.05) is 31.3 Å². The molecule has 2 aromatic heterocycles. The van der Waals surface area contributed by atoms with Gasteiger partial charge in [0.05, 0.1) is 12.1 Å². The molecule has 0 aliphatic carbocycles. The molecular formula is C23H26ClN5O2S. The van der Waals surface area contributed by atoms with E-state index in [1.54, 1.807) is 29.4 Å². The lowest BCUT2D eigenvalue weighted by atomic mass is 10.2. The Balaban J connectivity index is 0.00000363. The molecule has 0 bridgehead atoms. The number of aryl methyl sites for hydroxylation is 1. The zero-order valence-corrected chi connectivity index (χ0v) is 19.8. The summed E-state index contributed by atoms with van der Waals surface area (Å²) in [5.74, 6) is 0.763. The molecule has 0 spiro atoms. The molecule has 7 nitrogen and oxygen atoms in total. The SMILES string of the molecule is Cc1cccc(NC(=O)c2cccnc2SCc2ccnc(NC(=O)CN(C)C)c2)c1.Cl. The molecule has 0 fully saturated rings. The van der Waals surface area contributed by atoms with E-state index >= 15 is 0 Å². The molecule has 2 amide bonds. The average Bonchev–Trinajstić information content (AvgIpc) is 2.72. The predicted molar refractivity (Wildman–Crippen MR) is 132 cm³/mol. The van der Waals surface area contributed by atoms with Crippen molar-refractivity contribution >= 4 is 47.5 Å². The number of carbonyl (C=O) groups is 2. The highest BCUT2D eigenvalue weighted by molar-refractivity contribution is 7.98. The van der Waals surface area contributed by atoms with Crippen LogP contribution in [0.5, 0.6) is 0 Å². The third-order valence-electron chi connectivity index (χ3n) is 4.22. The maximum atomic E-state index is 12.8. The Morgan fingerprint density at radius 2 is 1.81 bits per heavy atom. The second kappa shape index (κ2) is 12.2. The van der Waals surface area contributed by atoms with Crippen LogP contribution in [0.15, 0.2) is 66.0 Å². The first-order valence-electron chi connectivity index (χ1n) is 9.76. The van der Waals surface area contributed by atoms with Crippen molar-refractivity contribution in [2.45, 2.75) is 17.7 Å². The average molecular weight is 472 g/mol. The highest BCUT2D eigenvalue weighted by Gasteiger charge is 2.14. The minimum absolute atomic E-state index is 0. The van der Waals surface area contributed by atoms with Gasteiger partial charge in [-0.15, -0.1) is 24.2 Å². The number of likely N-dealkylation sites (N-methyl/N-ethyl adjacent to an activating group) is 1. The van der Waals surface area contributed by atoms with Gasteiger partial charge in [-0.25, -0.2) is 9.97 Å². The molecule has 168 valence electrons. The van der Waals surface area contributed by atoms with E-state index in [0.29, 0.717) is 22.2 Å². The number of nitrogens with one attached hydrogen (secondary N) is 2. The summed E-state index contributed by atoms with van der Waals surface area (Å²) in [4.78, 5) is 35.1. The summed E-state index contributed by atoms with van der Waals surface area (Å²) in [5.41, 5.74) is 3.31. The van der Waals surface area contributed by atoms with E-state index < -0.39 is 0 Å². The molecule has 0 atom stereocenters. The van der Waals surface area contributed by atoms with Crippen LogP contribution in [-0.2, 0) is 10.5 Å². The summed E-state index contributed by atoms with van der Waals surface area (Å²) in [5, 5.41) is 6.36. The summed E-state index contributed by atoms with van der Waals surface area (Å²) in [6.07, 6.45) is 3.33. The monoisotopic (exact) mass is 471 g/mol. The fraction of sp³-hybridized carbons (Fsp3) is 0.217. The van der Waals surface area contributed by atoms with Crippen LogP contribution in [0.3, 0.4) is 0 Å². The third-order valence-corrected chi connectivity index (χ3v) is 5.30. The van der Waals surface area contributed by atoms with Crippen LogP contribution in [0.2, 0.25) is 0 Å². The number of thioether (sulfide) groups is 1. The van der Waals surface area contributed by atoms with Gasteiger partial charge in [-0.2, -0.15) is 0 Å². The zero-order chi connectivity index (χ0) is 22.2. The highest BCUT2D eigenvalue weighted by atomic mass is 35.5. The number of rotatable bonds is 8. The van der Waals surface area contributed by atoms with Crippen LogP contribution in [0.25, 0.3) is 0 Å². The molecule has 2 N–H and O–H groups in total. The molecule has 3 rings (SSSR count). The van der Waals surface area contributed by atoms with Gasteiger partial charge in [-0.3, -0.25) is 9.59 Å². The van der Waals surface area contributed by atoms with E-state index in [1.807, 2.05) is 57.4 Å². The topological polar surface area (TPSA) is 87.2 Å². The molecule has 0 aliphatic heterocycles. The Morgan fingerprint density at radius 1 is 1.00 bits per heavy atom. The van der Waals surface area contributed by atoms with Gasteiger partial charge < -0.3 is 15.5 Å². The number of pyridine rings is 2. The van der Waals surface area contributed by atoms with Gasteiger partial charge in [-0.1, -0.05) is 12.1 Å². The lowest BCUT2D eigenvalue weighted by Crippen LogP contribution is -2.27. The Morgan fingerprint density at radius 3 is 2.56 bits per heavy atom. The molecule has 0 saturated heterocycles. The normalized spacial score (nSPS) is 10.4. The van der Waals surface area contributed by atoms with Crippen molar-refractivity contribution in [2.24, 2.45) is 0 Å². The molecule has 3 aromatic rings. The largest absolute Gasteiger partial charge is 0.322 e. The number of halogens is 1. The molecule has 0 aliphatic rings. The van der Waals surface area contributed by atoms with Gasteiger partial charge in [0.2, 0.25) is 5.91 Å². The molecule has 0 saturated carbocycles. The summed E-state index contributed by atoms with van der Waals surface area (Å²) < 4.78 is 0. The minimum Gasteiger partial charge on any atom is -0.322 e. The minimum atomic E-state index is -0.201. The molecule has 32 heavy (non-hydrogen) atoms. The maximum Gasteiger partial charge on any atom is 0.258 e. The van der Waals surface area contributed by atoms with E-state index in [4.69, 9.17) is 0 Å². The molecular weight excluding hydrogens is 446 g/mol. The second-order valence-corrected chi connectivity index (χ2v) is 8.27. The third kappa shape index (κ3) is 7.64. The van der Waals surface area contributed by atoms with Crippen LogP contribution in [-0.4, -0.2) is 47.3 Å². The van der Waals surface area contributed by atoms with Crippen LogP contribution in [0.1, 0.15) is 21.5 Å². The number of amides is 2. The van der Waals surface area contributed by atoms with Gasteiger partial charge in [0.25, 0.3) is 5.91 Å². The van der Waals surface area contributed by atoms with Crippen molar-refractivity contribution in [3.8, 4) is 0 Å². The molecule has 1 aromatic carbocycles. The Bertz CT molecular complexity index is 1080. The first-order valence-corrected chi connectivity index (χ1v) is 10.7. The fourth-order valence-electron chi connectivity index (χ4n) is 2.85. The number of carbonyl (C=O) groups excluding carboxylic acids is 2. The van der Waals surface area contributed by atoms with E-state index in [0.717, 1.165) is 16.8 Å². The number of benzene rings is 1. The Labute approximate surface area is 198 Å². The smallest absolute Gasteiger partial charge is 0.258 e. The van der Waals surface area contributed by atoms with Crippen molar-refractivity contribution in [3.05, 3.63) is 77.6 Å². The quantitative estimate of drug-likeness (QED) is 0.477. The predicted octanol–water partition coefficient (Wildman–Crippen LogP) is 4.25. The lowest BCUT2D eigenvalue weighted by Gasteiger charge is -2.11. The van der Waals surface area contributed by atoms with Gasteiger partial charge in [0, 0.05) is 23.8 Å². The fourth-order valence-corrected chi connectivity index (χ4v) is 3.79. The Kier molecular flexibility index (Phi) is 9.64. The summed E-state index contributed by atoms with van der Waals surface area (Å²) in [6, 6.07) is 14.9. The van der Waals surface area contributed by atoms with Crippen LogP contribution in [0, 0.1) is 6.92 Å². The summed E-state index contributed by atoms with van der Waals surface area (Å²) in [7, 11) is 3.67. The van der Waals surface area contributed by atoms with Crippen molar-refractivity contribution in [1.82, 2.24) is 14.9 Å². The van der Waals surface area contributed by atoms with Crippen LogP contribution >= 0.6 is 24.2 Å². The number of anilines is 2. The zero-order valence-electron chi connectivity index (χ0n) is 18.2. The van der Waals surface area contributed by atoms with E-state index in [2.05, 4.69) is 20.6 Å². The van der Waals surface area contributed by atoms with E-state index in [9.17, 15) is 9.59 Å². The number of aromatic nitrogens is 2. The molecule has 0 radical (unpaired) electrons. The van der Waals surface area contributed by atoms with Crippen LogP contribution in [0.4, 0.5) is 11.5 Å². The van der Waals surface area contributed by atoms with Gasteiger partial charge >= 0.3 is 0 Å². The van der Waals surface area contributed by atoms with Gasteiger partial charge in [0.15, 0.2) is 0 Å². The van der Waals surface area contributed by atoms with E-state index in [-0.39, 0.29) is 30.8 Å². The summed E-state index contributed by atoms with van der Waals surface area (Å²) >= 11 is 1.46. The number of hydrogen-bond donors (Lipinski definition) is 2. The second-order valence-electron chi connectivity index (χ2n) is 7.30. The van der Waals surface area contributed by atoms with Crippen molar-refractivity contribution in [1.29, 1.82) is 0 Å². The standard InChI is InChI=1S/C23H25N5O2S.ClH/c1-16-6-4-7-18(12-16)26-22(30)19-8-5-10-25-23(19)31-15-17-9-11-24-20(13-17)27-21(29)14-28(2)3;/h4-13H,14-15H2,1-3H3,(H,26,30)(H,24,27,29);1H. The van der Waals surface area contributed by atoms with Crippen molar-refractivity contribution in [3.63, 3.8) is 0 Å². The lowest BCUT2D eigenvalue weighted by molar-refractivity contribution is -0.116. The first-order chi connectivity index (χ1) is 14.9. The first kappa shape index (κ1) is 25.3. The number of hydrogen-bond acceptors (Lipinski definition) is 6. The molecule has 9 heteroatoms. The maximum absolute atomic E-state index is 12.8. The Hall–Kier alpha value is -2.94. The van der Waals surface area contributed by atoms with Gasteiger partial charge in [-0.05, 0) is 68.5 Å². The van der Waals surface area contributed by atoms with Gasteiger partial charge in [0.1, 0.15) is 10.8 Å². The van der Waals surface area contributed by atoms with E-state index in [1.165, 1.54) is 11.8 Å². The van der Waals surface area contributed by atoms with Crippen LogP contribution < -0.4 is 10.6 Å². The highest BCUT2D eigenvalue weighted by Crippen LogP contribution is 2.25.